The van der Waals surface area contributed by atoms with Crippen LogP contribution in [0.2, 0.25) is 0 Å². The fourth-order valence-electron chi connectivity index (χ4n) is 5.16. The number of hydrogen-bond acceptors (Lipinski definition) is 7. The summed E-state index contributed by atoms with van der Waals surface area (Å²) in [5, 5.41) is 21.7. The van der Waals surface area contributed by atoms with E-state index in [-0.39, 0.29) is 28.9 Å². The standard InChI is InChI=1S/C29H36N2O6/c1-5-30(6-2)13-8-14-31-26(19-9-11-22(32)24(17-19)36-7-3)25(28(34)29(31)35)27(33)20-10-12-23-21(16-20)15-18(4)37-23/h9-12,16-18,26,32-33H,5-8,13-15H2,1-4H3/b27-25+/t18-,26-/m1/s1. The summed E-state index contributed by atoms with van der Waals surface area (Å²) >= 11 is 0. The number of benzene rings is 2. The highest BCUT2D eigenvalue weighted by atomic mass is 16.5. The molecule has 2 aliphatic rings. The van der Waals surface area contributed by atoms with Crippen molar-refractivity contribution in [3.05, 3.63) is 58.7 Å². The van der Waals surface area contributed by atoms with Crippen molar-refractivity contribution in [3.63, 3.8) is 0 Å². The van der Waals surface area contributed by atoms with Gasteiger partial charge in [-0.05, 0) is 81.4 Å². The van der Waals surface area contributed by atoms with Gasteiger partial charge in [-0.2, -0.15) is 0 Å². The Morgan fingerprint density at radius 3 is 2.59 bits per heavy atom. The summed E-state index contributed by atoms with van der Waals surface area (Å²) in [6, 6.07) is 9.30. The van der Waals surface area contributed by atoms with Crippen molar-refractivity contribution in [1.29, 1.82) is 0 Å². The first-order valence-corrected chi connectivity index (χ1v) is 13.0. The molecule has 8 heteroatoms. The fourth-order valence-corrected chi connectivity index (χ4v) is 5.16. The van der Waals surface area contributed by atoms with E-state index in [0.29, 0.717) is 37.1 Å². The molecule has 0 aliphatic carbocycles. The highest BCUT2D eigenvalue weighted by molar-refractivity contribution is 6.46. The third-order valence-corrected chi connectivity index (χ3v) is 7.08. The van der Waals surface area contributed by atoms with Crippen LogP contribution in [0.25, 0.3) is 5.76 Å². The van der Waals surface area contributed by atoms with Crippen LogP contribution in [0.1, 0.15) is 56.8 Å². The third-order valence-electron chi connectivity index (χ3n) is 7.08. The van der Waals surface area contributed by atoms with Crippen LogP contribution in [0.5, 0.6) is 17.2 Å². The molecule has 2 heterocycles. The van der Waals surface area contributed by atoms with E-state index in [4.69, 9.17) is 9.47 Å². The van der Waals surface area contributed by atoms with E-state index in [1.807, 2.05) is 19.9 Å². The number of fused-ring (bicyclic) bond motifs is 1. The first-order chi connectivity index (χ1) is 17.8. The summed E-state index contributed by atoms with van der Waals surface area (Å²) < 4.78 is 11.3. The molecule has 2 aromatic rings. The van der Waals surface area contributed by atoms with E-state index in [1.165, 1.54) is 11.0 Å². The Hall–Kier alpha value is -3.52. The summed E-state index contributed by atoms with van der Waals surface area (Å²) in [4.78, 5) is 30.4. The molecule has 2 atom stereocenters. The highest BCUT2D eigenvalue weighted by Gasteiger charge is 2.46. The van der Waals surface area contributed by atoms with Gasteiger partial charge in [0.1, 0.15) is 17.6 Å². The molecule has 1 amide bonds. The number of nitrogens with zero attached hydrogens (tertiary/aromatic N) is 2. The number of ketones is 1. The zero-order chi connectivity index (χ0) is 26.7. The maximum absolute atomic E-state index is 13.4. The molecule has 198 valence electrons. The predicted molar refractivity (Wildman–Crippen MR) is 141 cm³/mol. The summed E-state index contributed by atoms with van der Waals surface area (Å²) in [7, 11) is 0. The second kappa shape index (κ2) is 11.3. The molecule has 37 heavy (non-hydrogen) atoms. The molecule has 0 spiro atoms. The Morgan fingerprint density at radius 1 is 1.14 bits per heavy atom. The number of phenols is 1. The summed E-state index contributed by atoms with van der Waals surface area (Å²) in [6.07, 6.45) is 1.42. The number of aromatic hydroxyl groups is 1. The minimum atomic E-state index is -0.806. The monoisotopic (exact) mass is 508 g/mol. The van der Waals surface area contributed by atoms with Crippen LogP contribution >= 0.6 is 0 Å². The Balaban J connectivity index is 1.77. The average Bonchev–Trinajstić information content (AvgIpc) is 3.38. The van der Waals surface area contributed by atoms with Gasteiger partial charge in [0.25, 0.3) is 11.7 Å². The van der Waals surface area contributed by atoms with Crippen molar-refractivity contribution in [2.24, 2.45) is 0 Å². The molecule has 0 radical (unpaired) electrons. The molecule has 0 bridgehead atoms. The van der Waals surface area contributed by atoms with E-state index in [2.05, 4.69) is 18.7 Å². The Labute approximate surface area is 218 Å². The van der Waals surface area contributed by atoms with Crippen molar-refractivity contribution >= 4 is 17.4 Å². The fraction of sp³-hybridized carbons (Fsp3) is 0.448. The van der Waals surface area contributed by atoms with Gasteiger partial charge in [-0.25, -0.2) is 0 Å². The van der Waals surface area contributed by atoms with E-state index >= 15 is 0 Å². The van der Waals surface area contributed by atoms with Gasteiger partial charge in [0.15, 0.2) is 11.5 Å². The molecule has 8 nitrogen and oxygen atoms in total. The van der Waals surface area contributed by atoms with Gasteiger partial charge >= 0.3 is 0 Å². The number of amides is 1. The van der Waals surface area contributed by atoms with Gasteiger partial charge < -0.3 is 29.5 Å². The normalized spacial score (nSPS) is 20.4. The van der Waals surface area contributed by atoms with Gasteiger partial charge in [-0.3, -0.25) is 9.59 Å². The Morgan fingerprint density at radius 2 is 1.89 bits per heavy atom. The number of aliphatic hydroxyl groups excluding tert-OH is 1. The number of hydrogen-bond donors (Lipinski definition) is 2. The number of carbonyl (C=O) groups excluding carboxylic acids is 2. The molecule has 4 rings (SSSR count). The predicted octanol–water partition coefficient (Wildman–Crippen LogP) is 4.27. The smallest absolute Gasteiger partial charge is 0.295 e. The van der Waals surface area contributed by atoms with Crippen molar-refractivity contribution in [2.45, 2.75) is 52.7 Å². The van der Waals surface area contributed by atoms with E-state index in [1.54, 1.807) is 24.3 Å². The van der Waals surface area contributed by atoms with Crippen molar-refractivity contribution < 1.29 is 29.3 Å². The molecule has 0 aromatic heterocycles. The Kier molecular flexibility index (Phi) is 8.07. The summed E-state index contributed by atoms with van der Waals surface area (Å²) in [6.45, 7) is 11.2. The van der Waals surface area contributed by atoms with Gasteiger partial charge in [-0.15, -0.1) is 0 Å². The number of Topliss-reactive ketones (excluding diaryl/α,β-unsaturated/α-hetero) is 1. The lowest BCUT2D eigenvalue weighted by Crippen LogP contribution is -2.33. The summed E-state index contributed by atoms with van der Waals surface area (Å²) in [5.74, 6) is -0.591. The largest absolute Gasteiger partial charge is 0.507 e. The van der Waals surface area contributed by atoms with Gasteiger partial charge in [0.2, 0.25) is 0 Å². The molecule has 0 unspecified atom stereocenters. The van der Waals surface area contributed by atoms with Crippen LogP contribution in [0, 0.1) is 0 Å². The lowest BCUT2D eigenvalue weighted by Gasteiger charge is -2.27. The number of likely N-dealkylation sites (tertiary alicyclic amines) is 1. The summed E-state index contributed by atoms with van der Waals surface area (Å²) in [5.41, 5.74) is 2.03. The van der Waals surface area contributed by atoms with E-state index in [0.717, 1.165) is 30.9 Å². The minimum Gasteiger partial charge on any atom is -0.507 e. The number of rotatable bonds is 10. The first kappa shape index (κ1) is 26.5. The number of phenolic OH excluding ortho intramolecular Hbond substituents is 1. The van der Waals surface area contributed by atoms with Gasteiger partial charge in [0, 0.05) is 18.5 Å². The second-order valence-electron chi connectivity index (χ2n) is 9.49. The van der Waals surface area contributed by atoms with Crippen LogP contribution in [0.3, 0.4) is 0 Å². The lowest BCUT2D eigenvalue weighted by atomic mass is 9.94. The third kappa shape index (κ3) is 5.30. The quantitative estimate of drug-likeness (QED) is 0.281. The van der Waals surface area contributed by atoms with Crippen LogP contribution < -0.4 is 9.47 Å². The van der Waals surface area contributed by atoms with Crippen LogP contribution in [-0.2, 0) is 16.0 Å². The van der Waals surface area contributed by atoms with Crippen LogP contribution in [0.4, 0.5) is 0 Å². The van der Waals surface area contributed by atoms with Crippen LogP contribution in [0.15, 0.2) is 42.0 Å². The molecule has 2 aromatic carbocycles. The molecule has 0 saturated carbocycles. The zero-order valence-corrected chi connectivity index (χ0v) is 22.0. The SMILES string of the molecule is CCOc1cc([C@@H]2/C(=C(\O)c3ccc4c(c3)C[C@@H](C)O4)C(=O)C(=O)N2CCCN(CC)CC)ccc1O. The van der Waals surface area contributed by atoms with Crippen molar-refractivity contribution in [1.82, 2.24) is 9.80 Å². The number of ether oxygens (including phenoxy) is 2. The second-order valence-corrected chi connectivity index (χ2v) is 9.49. The van der Waals surface area contributed by atoms with Crippen LogP contribution in [-0.4, -0.2) is 70.6 Å². The lowest BCUT2D eigenvalue weighted by molar-refractivity contribution is -0.140. The van der Waals surface area contributed by atoms with E-state index in [9.17, 15) is 19.8 Å². The highest BCUT2D eigenvalue weighted by Crippen LogP contribution is 2.42. The molecule has 1 saturated heterocycles. The zero-order valence-electron chi connectivity index (χ0n) is 22.0. The van der Waals surface area contributed by atoms with Gasteiger partial charge in [0.05, 0.1) is 18.2 Å². The topological polar surface area (TPSA) is 99.5 Å². The molecule has 1 fully saturated rings. The Bertz CT molecular complexity index is 1200. The number of carbonyl (C=O) groups is 2. The van der Waals surface area contributed by atoms with Crippen molar-refractivity contribution in [2.75, 3.05) is 32.8 Å². The molecule has 2 aliphatic heterocycles. The maximum Gasteiger partial charge on any atom is 0.295 e. The van der Waals surface area contributed by atoms with Crippen molar-refractivity contribution in [3.8, 4) is 17.2 Å². The molecular weight excluding hydrogens is 472 g/mol. The average molecular weight is 509 g/mol. The van der Waals surface area contributed by atoms with Gasteiger partial charge in [-0.1, -0.05) is 19.9 Å². The maximum atomic E-state index is 13.4. The van der Waals surface area contributed by atoms with E-state index < -0.39 is 17.7 Å². The molecule has 2 N–H and O–H groups in total. The first-order valence-electron chi connectivity index (χ1n) is 13.0. The number of aliphatic hydroxyl groups is 1. The minimum absolute atomic E-state index is 0.0307. The molecular formula is C29H36N2O6.